The van der Waals surface area contributed by atoms with Gasteiger partial charge in [-0.05, 0) is 44.7 Å². The molecule has 4 nitrogen and oxygen atoms in total. The van der Waals surface area contributed by atoms with E-state index in [0.29, 0.717) is 6.04 Å². The van der Waals surface area contributed by atoms with Crippen LogP contribution in [0.25, 0.3) is 10.2 Å². The topological polar surface area (TPSA) is 41.1 Å². The van der Waals surface area contributed by atoms with Crippen molar-refractivity contribution in [2.24, 2.45) is 0 Å². The molecule has 0 aliphatic carbocycles. The fourth-order valence-electron chi connectivity index (χ4n) is 2.68. The summed E-state index contributed by atoms with van der Waals surface area (Å²) in [4.78, 5) is 13.0. The smallest absolute Gasteiger partial charge is 0.146 e. The first-order valence-corrected chi connectivity index (χ1v) is 7.88. The van der Waals surface area contributed by atoms with Crippen LogP contribution in [0.2, 0.25) is 0 Å². The molecule has 1 unspecified atom stereocenters. The highest BCUT2D eigenvalue weighted by Gasteiger charge is 2.21. The Balaban J connectivity index is 1.90. The second kappa shape index (κ2) is 5.43. The van der Waals surface area contributed by atoms with Gasteiger partial charge in [-0.2, -0.15) is 0 Å². The summed E-state index contributed by atoms with van der Waals surface area (Å²) in [6.45, 7) is 7.32. The number of likely N-dealkylation sites (tertiary alicyclic amines) is 1. The fraction of sp³-hybridized carbons (Fsp3) is 0.571. The van der Waals surface area contributed by atoms with Gasteiger partial charge in [0, 0.05) is 12.6 Å². The summed E-state index contributed by atoms with van der Waals surface area (Å²) < 4.78 is 0. The van der Waals surface area contributed by atoms with E-state index in [1.54, 1.807) is 11.3 Å². The molecule has 0 amide bonds. The highest BCUT2D eigenvalue weighted by atomic mass is 32.1. The van der Waals surface area contributed by atoms with E-state index in [1.807, 2.05) is 0 Å². The van der Waals surface area contributed by atoms with Gasteiger partial charge in [0.15, 0.2) is 0 Å². The Hall–Kier alpha value is -1.20. The van der Waals surface area contributed by atoms with Crippen LogP contribution in [-0.4, -0.2) is 34.0 Å². The molecule has 1 aliphatic rings. The van der Waals surface area contributed by atoms with Crippen molar-refractivity contribution in [3.05, 3.63) is 17.3 Å². The molecule has 2 aromatic heterocycles. The van der Waals surface area contributed by atoms with Crippen LogP contribution in [-0.2, 0) is 6.54 Å². The van der Waals surface area contributed by atoms with E-state index < -0.39 is 0 Å². The van der Waals surface area contributed by atoms with Gasteiger partial charge in [0.25, 0.3) is 0 Å². The van der Waals surface area contributed by atoms with Crippen molar-refractivity contribution >= 4 is 27.4 Å². The summed E-state index contributed by atoms with van der Waals surface area (Å²) in [5.74, 6) is 1.93. The number of rotatable bonds is 4. The van der Waals surface area contributed by atoms with Crippen LogP contribution in [0, 0.1) is 0 Å². The first-order chi connectivity index (χ1) is 9.28. The minimum atomic E-state index is 0.658. The fourth-order valence-corrected chi connectivity index (χ4v) is 3.46. The summed E-state index contributed by atoms with van der Waals surface area (Å²) >= 11 is 1.69. The van der Waals surface area contributed by atoms with E-state index in [-0.39, 0.29) is 0 Å². The van der Waals surface area contributed by atoms with Gasteiger partial charge in [0.2, 0.25) is 0 Å². The van der Waals surface area contributed by atoms with Crippen molar-refractivity contribution in [1.29, 1.82) is 0 Å². The molecule has 2 aromatic rings. The largest absolute Gasteiger partial charge is 0.370 e. The zero-order valence-corrected chi connectivity index (χ0v) is 12.3. The lowest BCUT2D eigenvalue weighted by Gasteiger charge is -2.20. The van der Waals surface area contributed by atoms with Gasteiger partial charge >= 0.3 is 0 Å². The molecule has 1 N–H and O–H groups in total. The molecule has 0 aromatic carbocycles. The molecule has 0 radical (unpaired) electrons. The van der Waals surface area contributed by atoms with Crippen molar-refractivity contribution in [3.63, 3.8) is 0 Å². The second-order valence-electron chi connectivity index (χ2n) is 5.12. The first-order valence-electron chi connectivity index (χ1n) is 7.00. The molecular formula is C14H20N4S. The number of aromatic nitrogens is 2. The molecule has 3 heterocycles. The van der Waals surface area contributed by atoms with E-state index in [9.17, 15) is 0 Å². The average Bonchev–Trinajstić information content (AvgIpc) is 3.00. The maximum atomic E-state index is 4.70. The summed E-state index contributed by atoms with van der Waals surface area (Å²) in [6.07, 6.45) is 2.59. The third-order valence-electron chi connectivity index (χ3n) is 3.75. The zero-order chi connectivity index (χ0) is 13.2. The van der Waals surface area contributed by atoms with Crippen molar-refractivity contribution in [3.8, 4) is 0 Å². The quantitative estimate of drug-likeness (QED) is 0.931. The molecule has 102 valence electrons. The van der Waals surface area contributed by atoms with Gasteiger partial charge in [-0.25, -0.2) is 9.97 Å². The zero-order valence-electron chi connectivity index (χ0n) is 11.5. The summed E-state index contributed by atoms with van der Waals surface area (Å²) in [5, 5.41) is 6.58. The van der Waals surface area contributed by atoms with Gasteiger partial charge in [-0.15, -0.1) is 11.3 Å². The van der Waals surface area contributed by atoms with E-state index in [0.717, 1.165) is 34.9 Å². The molecular weight excluding hydrogens is 256 g/mol. The van der Waals surface area contributed by atoms with E-state index >= 15 is 0 Å². The third-order valence-corrected chi connectivity index (χ3v) is 4.56. The minimum absolute atomic E-state index is 0.658. The lowest BCUT2D eigenvalue weighted by molar-refractivity contribution is 0.254. The molecule has 1 aliphatic heterocycles. The minimum Gasteiger partial charge on any atom is -0.370 e. The number of fused-ring (bicyclic) bond motifs is 1. The number of thiophene rings is 1. The highest BCUT2D eigenvalue weighted by Crippen LogP contribution is 2.26. The Morgan fingerprint density at radius 3 is 3.11 bits per heavy atom. The van der Waals surface area contributed by atoms with Crippen molar-refractivity contribution in [2.45, 2.75) is 39.3 Å². The Kier molecular flexibility index (Phi) is 3.66. The van der Waals surface area contributed by atoms with Crippen LogP contribution in [0.5, 0.6) is 0 Å². The number of nitrogens with one attached hydrogen (secondary N) is 1. The molecule has 0 saturated carbocycles. The predicted molar refractivity (Wildman–Crippen MR) is 80.7 cm³/mol. The monoisotopic (exact) mass is 276 g/mol. The summed E-state index contributed by atoms with van der Waals surface area (Å²) in [6, 6.07) is 2.76. The summed E-state index contributed by atoms with van der Waals surface area (Å²) in [7, 11) is 0. The van der Waals surface area contributed by atoms with Crippen LogP contribution in [0.15, 0.2) is 11.4 Å². The SMILES string of the molecule is CCNc1nc(CN2CCCC2C)nc2sccc12. The van der Waals surface area contributed by atoms with Gasteiger partial charge in [0.05, 0.1) is 11.9 Å². The van der Waals surface area contributed by atoms with E-state index in [4.69, 9.17) is 9.97 Å². The number of hydrogen-bond acceptors (Lipinski definition) is 5. The molecule has 1 fully saturated rings. The van der Waals surface area contributed by atoms with Crippen LogP contribution < -0.4 is 5.32 Å². The maximum Gasteiger partial charge on any atom is 0.146 e. The lowest BCUT2D eigenvalue weighted by Crippen LogP contribution is -2.27. The summed E-state index contributed by atoms with van der Waals surface area (Å²) in [5.41, 5.74) is 0. The Morgan fingerprint density at radius 2 is 2.37 bits per heavy atom. The lowest BCUT2D eigenvalue weighted by atomic mass is 10.2. The van der Waals surface area contributed by atoms with Crippen molar-refractivity contribution in [1.82, 2.24) is 14.9 Å². The van der Waals surface area contributed by atoms with Gasteiger partial charge in [0.1, 0.15) is 16.5 Å². The van der Waals surface area contributed by atoms with E-state index in [1.165, 1.54) is 19.4 Å². The molecule has 5 heteroatoms. The van der Waals surface area contributed by atoms with E-state index in [2.05, 4.69) is 35.5 Å². The van der Waals surface area contributed by atoms with Crippen LogP contribution in [0.3, 0.4) is 0 Å². The molecule has 0 spiro atoms. The number of anilines is 1. The number of hydrogen-bond donors (Lipinski definition) is 1. The molecule has 1 saturated heterocycles. The first kappa shape index (κ1) is 12.8. The molecule has 19 heavy (non-hydrogen) atoms. The average molecular weight is 276 g/mol. The Bertz CT molecular complexity index is 566. The highest BCUT2D eigenvalue weighted by molar-refractivity contribution is 7.16. The van der Waals surface area contributed by atoms with Gasteiger partial charge in [-0.1, -0.05) is 0 Å². The molecule has 3 rings (SSSR count). The molecule has 1 atom stereocenters. The maximum absolute atomic E-state index is 4.70. The molecule has 0 bridgehead atoms. The normalized spacial score (nSPS) is 20.2. The predicted octanol–water partition coefficient (Wildman–Crippen LogP) is 3.11. The van der Waals surface area contributed by atoms with Crippen molar-refractivity contribution in [2.75, 3.05) is 18.4 Å². The third kappa shape index (κ3) is 2.58. The van der Waals surface area contributed by atoms with Gasteiger partial charge < -0.3 is 5.32 Å². The second-order valence-corrected chi connectivity index (χ2v) is 6.01. The van der Waals surface area contributed by atoms with Crippen LogP contribution in [0.1, 0.15) is 32.5 Å². The van der Waals surface area contributed by atoms with Gasteiger partial charge in [-0.3, -0.25) is 4.90 Å². The Morgan fingerprint density at radius 1 is 1.47 bits per heavy atom. The standard InChI is InChI=1S/C14H20N4S/c1-3-15-13-11-6-8-19-14(11)17-12(16-13)9-18-7-4-5-10(18)2/h6,8,10H,3-5,7,9H2,1-2H3,(H,15,16,17). The number of nitrogens with zero attached hydrogens (tertiary/aromatic N) is 3. The van der Waals surface area contributed by atoms with Crippen molar-refractivity contribution < 1.29 is 0 Å². The van der Waals surface area contributed by atoms with Crippen LogP contribution >= 0.6 is 11.3 Å². The van der Waals surface area contributed by atoms with Crippen LogP contribution in [0.4, 0.5) is 5.82 Å². The Labute approximate surface area is 117 Å².